The Hall–Kier alpha value is -1.59. The summed E-state index contributed by atoms with van der Waals surface area (Å²) >= 11 is 0. The number of carboxylic acids is 1. The van der Waals surface area contributed by atoms with Crippen LogP contribution in [-0.2, 0) is 16.0 Å². The molecule has 100 valence electrons. The molecule has 0 aliphatic rings. The Bertz CT molecular complexity index is 364. The van der Waals surface area contributed by atoms with Crippen molar-refractivity contribution >= 4 is 5.97 Å². The predicted octanol–water partition coefficient (Wildman–Crippen LogP) is -0.278. The second-order valence-corrected chi connectivity index (χ2v) is 3.75. The second kappa shape index (κ2) is 7.68. The van der Waals surface area contributed by atoms with Gasteiger partial charge in [-0.25, -0.2) is 0 Å². The molecule has 0 bridgehead atoms. The van der Waals surface area contributed by atoms with Gasteiger partial charge in [0.25, 0.3) is 0 Å². The fourth-order valence-corrected chi connectivity index (χ4v) is 1.52. The van der Waals surface area contributed by atoms with Gasteiger partial charge < -0.3 is 25.1 Å². The quantitative estimate of drug-likeness (QED) is 0.688. The summed E-state index contributed by atoms with van der Waals surface area (Å²) in [6.45, 7) is 3.01. The molecular weight excluding hydrogens is 234 g/mol. The number of ether oxygens (including phenoxy) is 2. The Balaban J connectivity index is 2.58. The van der Waals surface area contributed by atoms with Crippen LogP contribution in [0, 0.1) is 0 Å². The van der Waals surface area contributed by atoms with Crippen LogP contribution >= 0.6 is 0 Å². The molecule has 0 heterocycles. The van der Waals surface area contributed by atoms with Crippen LogP contribution in [0.25, 0.3) is 0 Å². The first-order valence-corrected chi connectivity index (χ1v) is 5.91. The standard InChI is InChI=1S/C13H19NO4/c1-2-17-12(13(15)16)9-10-3-5-11(6-4-10)18-8-7-14/h3-6,12H,2,7-9,14H2,1H3,(H,15,16)/p-1/t12-/m0/s1. The molecule has 0 saturated heterocycles. The average molecular weight is 252 g/mol. The van der Waals surface area contributed by atoms with Crippen LogP contribution in [0.15, 0.2) is 24.3 Å². The van der Waals surface area contributed by atoms with Gasteiger partial charge in [0.15, 0.2) is 0 Å². The molecule has 0 aliphatic heterocycles. The van der Waals surface area contributed by atoms with E-state index in [0.29, 0.717) is 25.5 Å². The van der Waals surface area contributed by atoms with E-state index in [9.17, 15) is 9.90 Å². The second-order valence-electron chi connectivity index (χ2n) is 3.75. The molecule has 0 amide bonds. The third-order valence-corrected chi connectivity index (χ3v) is 2.36. The Morgan fingerprint density at radius 3 is 2.56 bits per heavy atom. The number of carboxylic acid groups (broad SMARTS) is 1. The number of benzene rings is 1. The van der Waals surface area contributed by atoms with Gasteiger partial charge in [0.05, 0.1) is 5.97 Å². The summed E-state index contributed by atoms with van der Waals surface area (Å²) in [5, 5.41) is 10.8. The number of carbonyl (C=O) groups is 1. The monoisotopic (exact) mass is 252 g/mol. The molecule has 1 rings (SSSR count). The first-order chi connectivity index (χ1) is 8.67. The minimum atomic E-state index is -1.19. The summed E-state index contributed by atoms with van der Waals surface area (Å²) in [6.07, 6.45) is -0.626. The lowest BCUT2D eigenvalue weighted by Gasteiger charge is -2.18. The first kappa shape index (κ1) is 14.5. The van der Waals surface area contributed by atoms with E-state index in [1.807, 2.05) is 0 Å². The number of hydrogen-bond acceptors (Lipinski definition) is 5. The van der Waals surface area contributed by atoms with E-state index >= 15 is 0 Å². The molecule has 5 nitrogen and oxygen atoms in total. The Morgan fingerprint density at radius 2 is 2.06 bits per heavy atom. The number of nitrogens with two attached hydrogens (primary N) is 1. The maximum absolute atomic E-state index is 10.8. The third-order valence-electron chi connectivity index (χ3n) is 2.36. The number of aliphatic carboxylic acids is 1. The zero-order chi connectivity index (χ0) is 13.4. The highest BCUT2D eigenvalue weighted by atomic mass is 16.5. The topological polar surface area (TPSA) is 84.6 Å². The summed E-state index contributed by atoms with van der Waals surface area (Å²) in [7, 11) is 0. The van der Waals surface area contributed by atoms with Crippen molar-refractivity contribution in [2.45, 2.75) is 19.4 Å². The van der Waals surface area contributed by atoms with Gasteiger partial charge in [-0.2, -0.15) is 0 Å². The molecule has 0 unspecified atom stereocenters. The normalized spacial score (nSPS) is 12.1. The molecule has 0 aliphatic carbocycles. The molecule has 0 fully saturated rings. The summed E-state index contributed by atoms with van der Waals surface area (Å²) in [4.78, 5) is 10.8. The van der Waals surface area contributed by atoms with Crippen LogP contribution in [-0.4, -0.2) is 31.8 Å². The van der Waals surface area contributed by atoms with Gasteiger partial charge in [0.1, 0.15) is 18.5 Å². The summed E-state index contributed by atoms with van der Waals surface area (Å²) < 4.78 is 10.4. The van der Waals surface area contributed by atoms with E-state index in [1.54, 1.807) is 31.2 Å². The highest BCUT2D eigenvalue weighted by molar-refractivity contribution is 5.70. The first-order valence-electron chi connectivity index (χ1n) is 5.91. The summed E-state index contributed by atoms with van der Waals surface area (Å²) in [6, 6.07) is 7.17. The lowest BCUT2D eigenvalue weighted by Crippen LogP contribution is -2.39. The molecule has 1 aromatic carbocycles. The van der Waals surface area contributed by atoms with E-state index in [1.165, 1.54) is 0 Å². The number of carbonyl (C=O) groups excluding carboxylic acids is 1. The van der Waals surface area contributed by atoms with Crippen molar-refractivity contribution in [3.05, 3.63) is 29.8 Å². The molecule has 1 atom stereocenters. The van der Waals surface area contributed by atoms with Crippen molar-refractivity contribution in [3.8, 4) is 5.75 Å². The Kier molecular flexibility index (Phi) is 6.18. The molecule has 2 N–H and O–H groups in total. The van der Waals surface area contributed by atoms with Crippen LogP contribution in [0.2, 0.25) is 0 Å². The molecule has 1 aromatic rings. The molecular formula is C13H18NO4-. The molecule has 0 aromatic heterocycles. The molecule has 0 spiro atoms. The fourth-order valence-electron chi connectivity index (χ4n) is 1.52. The van der Waals surface area contributed by atoms with Crippen molar-refractivity contribution in [3.63, 3.8) is 0 Å². The smallest absolute Gasteiger partial charge is 0.119 e. The van der Waals surface area contributed by atoms with Crippen molar-refractivity contribution in [2.75, 3.05) is 19.8 Å². The molecule has 18 heavy (non-hydrogen) atoms. The van der Waals surface area contributed by atoms with Crippen LogP contribution < -0.4 is 15.6 Å². The lowest BCUT2D eigenvalue weighted by atomic mass is 10.1. The van der Waals surface area contributed by atoms with E-state index < -0.39 is 12.1 Å². The largest absolute Gasteiger partial charge is 0.547 e. The fraction of sp³-hybridized carbons (Fsp3) is 0.462. The van der Waals surface area contributed by atoms with Crippen LogP contribution in [0.4, 0.5) is 0 Å². The number of hydrogen-bond donors (Lipinski definition) is 1. The lowest BCUT2D eigenvalue weighted by molar-refractivity contribution is -0.316. The molecule has 5 heteroatoms. The van der Waals surface area contributed by atoms with Crippen molar-refractivity contribution in [1.29, 1.82) is 0 Å². The molecule has 0 saturated carbocycles. The Morgan fingerprint density at radius 1 is 1.39 bits per heavy atom. The highest BCUT2D eigenvalue weighted by Gasteiger charge is 2.10. The molecule has 0 radical (unpaired) electrons. The van der Waals surface area contributed by atoms with Crippen molar-refractivity contribution in [1.82, 2.24) is 0 Å². The van der Waals surface area contributed by atoms with Gasteiger partial charge in [-0.1, -0.05) is 12.1 Å². The van der Waals surface area contributed by atoms with E-state index in [0.717, 1.165) is 5.56 Å². The van der Waals surface area contributed by atoms with Gasteiger partial charge in [-0.3, -0.25) is 0 Å². The third kappa shape index (κ3) is 4.73. The predicted molar refractivity (Wildman–Crippen MR) is 65.1 cm³/mol. The zero-order valence-electron chi connectivity index (χ0n) is 10.4. The number of rotatable bonds is 8. The van der Waals surface area contributed by atoms with E-state index in [-0.39, 0.29) is 6.42 Å². The Labute approximate surface area is 107 Å². The highest BCUT2D eigenvalue weighted by Crippen LogP contribution is 2.14. The van der Waals surface area contributed by atoms with Crippen molar-refractivity contribution < 1.29 is 19.4 Å². The van der Waals surface area contributed by atoms with Gasteiger partial charge in [-0.05, 0) is 24.6 Å². The minimum Gasteiger partial charge on any atom is -0.547 e. The maximum Gasteiger partial charge on any atom is 0.119 e. The minimum absolute atomic E-state index is 0.285. The van der Waals surface area contributed by atoms with Gasteiger partial charge in [0.2, 0.25) is 0 Å². The van der Waals surface area contributed by atoms with E-state index in [2.05, 4.69) is 0 Å². The average Bonchev–Trinajstić information content (AvgIpc) is 2.37. The van der Waals surface area contributed by atoms with Crippen LogP contribution in [0.5, 0.6) is 5.75 Å². The SMILES string of the molecule is CCO[C@@H](Cc1ccc(OCCN)cc1)C(=O)[O-]. The van der Waals surface area contributed by atoms with Gasteiger partial charge >= 0.3 is 0 Å². The van der Waals surface area contributed by atoms with Gasteiger partial charge in [0, 0.05) is 19.6 Å². The summed E-state index contributed by atoms with van der Waals surface area (Å²) in [5.41, 5.74) is 6.18. The maximum atomic E-state index is 10.8. The van der Waals surface area contributed by atoms with Crippen LogP contribution in [0.1, 0.15) is 12.5 Å². The summed E-state index contributed by atoms with van der Waals surface area (Å²) in [5.74, 6) is -0.481. The van der Waals surface area contributed by atoms with Crippen molar-refractivity contribution in [2.24, 2.45) is 5.73 Å². The van der Waals surface area contributed by atoms with Crippen LogP contribution in [0.3, 0.4) is 0 Å². The van der Waals surface area contributed by atoms with E-state index in [4.69, 9.17) is 15.2 Å². The zero-order valence-corrected chi connectivity index (χ0v) is 10.4. The van der Waals surface area contributed by atoms with Gasteiger partial charge in [-0.15, -0.1) is 0 Å².